The van der Waals surface area contributed by atoms with Gasteiger partial charge in [0.05, 0.1) is 23.3 Å². The van der Waals surface area contributed by atoms with Crippen molar-refractivity contribution in [3.63, 3.8) is 0 Å². The predicted molar refractivity (Wildman–Crippen MR) is 124 cm³/mol. The maximum Gasteiger partial charge on any atom is 0.389 e. The zero-order valence-corrected chi connectivity index (χ0v) is 19.6. The third kappa shape index (κ3) is 3.97. The van der Waals surface area contributed by atoms with E-state index in [9.17, 15) is 13.2 Å². The molecule has 0 aromatic carbocycles. The van der Waals surface area contributed by atoms with E-state index in [1.54, 1.807) is 17.1 Å². The third-order valence-electron chi connectivity index (χ3n) is 6.85. The van der Waals surface area contributed by atoms with Crippen molar-refractivity contribution >= 4 is 23.2 Å². The van der Waals surface area contributed by atoms with Crippen molar-refractivity contribution in [3.8, 4) is 22.6 Å². The summed E-state index contributed by atoms with van der Waals surface area (Å²) in [6.45, 7) is 0.736. The summed E-state index contributed by atoms with van der Waals surface area (Å²) in [5.74, 6) is 2.41. The molecule has 0 atom stereocenters. The number of anilines is 2. The lowest BCUT2D eigenvalue weighted by Gasteiger charge is -2.19. The number of nitrogens with zero attached hydrogens (tertiary/aromatic N) is 7. The molecule has 0 bridgehead atoms. The number of aryl methyl sites for hydroxylation is 3. The minimum absolute atomic E-state index is 0.176. The Morgan fingerprint density at radius 2 is 2.00 bits per heavy atom. The highest BCUT2D eigenvalue weighted by molar-refractivity contribution is 6.33. The van der Waals surface area contributed by atoms with Crippen LogP contribution in [0.3, 0.4) is 0 Å². The minimum Gasteiger partial charge on any atom is -0.344 e. The Balaban J connectivity index is 1.38. The zero-order chi connectivity index (χ0) is 24.4. The van der Waals surface area contributed by atoms with Crippen molar-refractivity contribution in [2.75, 3.05) is 5.32 Å². The van der Waals surface area contributed by atoms with Crippen molar-refractivity contribution in [2.24, 2.45) is 7.05 Å². The van der Waals surface area contributed by atoms with Gasteiger partial charge < -0.3 is 14.5 Å². The highest BCUT2D eigenvalue weighted by Gasteiger charge is 2.49. The van der Waals surface area contributed by atoms with E-state index in [2.05, 4.69) is 30.2 Å². The smallest absolute Gasteiger partial charge is 0.344 e. The van der Waals surface area contributed by atoms with Gasteiger partial charge in [-0.1, -0.05) is 11.6 Å². The van der Waals surface area contributed by atoms with Crippen molar-refractivity contribution < 1.29 is 13.2 Å². The van der Waals surface area contributed by atoms with E-state index in [0.717, 1.165) is 48.4 Å². The molecule has 4 aromatic heterocycles. The van der Waals surface area contributed by atoms with Gasteiger partial charge in [0.15, 0.2) is 5.82 Å². The normalized spacial score (nSPS) is 16.1. The van der Waals surface area contributed by atoms with Gasteiger partial charge in [-0.25, -0.2) is 4.98 Å². The summed E-state index contributed by atoms with van der Waals surface area (Å²) in [7, 11) is 1.83. The van der Waals surface area contributed by atoms with Gasteiger partial charge in [-0.2, -0.15) is 18.3 Å². The SMILES string of the molecule is Cn1nccc1Nc1cc(-c2cc3n(c2)CCC2(CC2)n2c(CCC(F)(F)F)nnc2-3)c(Cl)cn1. The second-order valence-corrected chi connectivity index (χ2v) is 9.59. The first-order valence-electron chi connectivity index (χ1n) is 11.4. The average molecular weight is 503 g/mol. The molecule has 1 saturated carbocycles. The van der Waals surface area contributed by atoms with E-state index in [-0.39, 0.29) is 12.0 Å². The molecule has 0 saturated heterocycles. The second kappa shape index (κ2) is 7.84. The van der Waals surface area contributed by atoms with E-state index in [0.29, 0.717) is 22.5 Å². The molecule has 0 radical (unpaired) electrons. The minimum atomic E-state index is -4.24. The molecule has 6 rings (SSSR count). The number of halogens is 4. The van der Waals surface area contributed by atoms with Gasteiger partial charge in [-0.15, -0.1) is 10.2 Å². The summed E-state index contributed by atoms with van der Waals surface area (Å²) in [5.41, 5.74) is 2.30. The molecule has 8 nitrogen and oxygen atoms in total. The van der Waals surface area contributed by atoms with Gasteiger partial charge in [-0.05, 0) is 31.4 Å². The fourth-order valence-corrected chi connectivity index (χ4v) is 5.05. The number of rotatable bonds is 5. The van der Waals surface area contributed by atoms with Gasteiger partial charge in [0.1, 0.15) is 17.5 Å². The molecule has 0 unspecified atom stereocenters. The van der Waals surface area contributed by atoms with E-state index in [1.165, 1.54) is 0 Å². The van der Waals surface area contributed by atoms with Crippen molar-refractivity contribution in [1.82, 2.24) is 34.1 Å². The number of hydrogen-bond acceptors (Lipinski definition) is 5. The molecular weight excluding hydrogens is 481 g/mol. The summed E-state index contributed by atoms with van der Waals surface area (Å²) >= 11 is 6.53. The topological polar surface area (TPSA) is 78.4 Å². The van der Waals surface area contributed by atoms with Crippen LogP contribution < -0.4 is 5.32 Å². The fraction of sp³-hybridized carbons (Fsp3) is 0.391. The monoisotopic (exact) mass is 502 g/mol. The standard InChI is InChI=1S/C23H22ClF3N8/c1-33-19(3-8-29-33)30-18-11-15(16(24)12-28-18)14-10-17-21-32-31-20(2-4-23(25,26)27)35(21)22(5-6-22)7-9-34(17)13-14/h3,8,10-13H,2,4-7,9H2,1H3,(H,28,30). The Labute approximate surface area is 203 Å². The van der Waals surface area contributed by atoms with Crippen molar-refractivity contribution in [1.29, 1.82) is 0 Å². The number of pyridine rings is 1. The Hall–Kier alpha value is -3.34. The van der Waals surface area contributed by atoms with Crippen LogP contribution in [0, 0.1) is 0 Å². The highest BCUT2D eigenvalue weighted by atomic mass is 35.5. The van der Waals surface area contributed by atoms with E-state index < -0.39 is 12.6 Å². The lowest BCUT2D eigenvalue weighted by molar-refractivity contribution is -0.134. The molecule has 35 heavy (non-hydrogen) atoms. The Morgan fingerprint density at radius 3 is 2.71 bits per heavy atom. The van der Waals surface area contributed by atoms with Crippen LogP contribution in [-0.4, -0.2) is 40.3 Å². The molecule has 12 heteroatoms. The molecule has 1 fully saturated rings. The zero-order valence-electron chi connectivity index (χ0n) is 18.8. The maximum absolute atomic E-state index is 12.9. The van der Waals surface area contributed by atoms with Crippen LogP contribution >= 0.6 is 11.6 Å². The first-order valence-corrected chi connectivity index (χ1v) is 11.7. The molecule has 2 aliphatic rings. The molecule has 0 amide bonds. The highest BCUT2D eigenvalue weighted by Crippen LogP contribution is 2.51. The lowest BCUT2D eigenvalue weighted by atomic mass is 10.1. The van der Waals surface area contributed by atoms with Crippen LogP contribution in [-0.2, 0) is 25.6 Å². The molecular formula is C23H22ClF3N8. The summed E-state index contributed by atoms with van der Waals surface area (Å²) in [4.78, 5) is 4.37. The summed E-state index contributed by atoms with van der Waals surface area (Å²) in [6, 6.07) is 5.68. The summed E-state index contributed by atoms with van der Waals surface area (Å²) in [6.07, 6.45) is 2.64. The number of hydrogen-bond donors (Lipinski definition) is 1. The molecule has 5 heterocycles. The predicted octanol–water partition coefficient (Wildman–Crippen LogP) is 5.33. The Morgan fingerprint density at radius 1 is 1.17 bits per heavy atom. The first-order chi connectivity index (χ1) is 16.7. The fourth-order valence-electron chi connectivity index (χ4n) is 4.84. The molecule has 4 aromatic rings. The molecule has 1 aliphatic carbocycles. The van der Waals surface area contributed by atoms with Crippen molar-refractivity contribution in [3.05, 3.63) is 47.6 Å². The van der Waals surface area contributed by atoms with E-state index in [1.807, 2.05) is 36.0 Å². The average Bonchev–Trinajstić information content (AvgIpc) is 3.13. The van der Waals surface area contributed by atoms with Crippen LogP contribution in [0.2, 0.25) is 5.02 Å². The maximum atomic E-state index is 12.9. The first kappa shape index (κ1) is 22.1. The van der Waals surface area contributed by atoms with Gasteiger partial charge >= 0.3 is 6.18 Å². The van der Waals surface area contributed by atoms with Crippen LogP contribution in [0.5, 0.6) is 0 Å². The van der Waals surface area contributed by atoms with Crippen LogP contribution in [0.25, 0.3) is 22.6 Å². The van der Waals surface area contributed by atoms with Crippen LogP contribution in [0.1, 0.15) is 31.5 Å². The van der Waals surface area contributed by atoms with Crippen molar-refractivity contribution in [2.45, 2.75) is 50.4 Å². The summed E-state index contributed by atoms with van der Waals surface area (Å²) < 4.78 is 44.5. The summed E-state index contributed by atoms with van der Waals surface area (Å²) in [5, 5.41) is 16.4. The number of aromatic nitrogens is 7. The third-order valence-corrected chi connectivity index (χ3v) is 7.15. The lowest BCUT2D eigenvalue weighted by Crippen LogP contribution is -2.21. The van der Waals surface area contributed by atoms with Gasteiger partial charge in [0.2, 0.25) is 0 Å². The van der Waals surface area contributed by atoms with Gasteiger partial charge in [0, 0.05) is 55.1 Å². The molecule has 1 aliphatic heterocycles. The van der Waals surface area contributed by atoms with Crippen LogP contribution in [0.4, 0.5) is 24.8 Å². The molecule has 182 valence electrons. The largest absolute Gasteiger partial charge is 0.389 e. The van der Waals surface area contributed by atoms with Crippen LogP contribution in [0.15, 0.2) is 36.8 Å². The number of fused-ring (bicyclic) bond motifs is 4. The number of alkyl halides is 3. The van der Waals surface area contributed by atoms with E-state index >= 15 is 0 Å². The van der Waals surface area contributed by atoms with Gasteiger partial charge in [0.25, 0.3) is 0 Å². The van der Waals surface area contributed by atoms with Gasteiger partial charge in [-0.3, -0.25) is 4.68 Å². The second-order valence-electron chi connectivity index (χ2n) is 9.19. The van der Waals surface area contributed by atoms with E-state index in [4.69, 9.17) is 11.6 Å². The molecule has 1 N–H and O–H groups in total. The molecule has 1 spiro atoms. The Kier molecular flexibility index (Phi) is 4.96. The quantitative estimate of drug-likeness (QED) is 0.399. The number of nitrogens with one attached hydrogen (secondary N) is 1. The Bertz CT molecular complexity index is 1410.